The first-order chi connectivity index (χ1) is 10.6. The Morgan fingerprint density at radius 2 is 2.32 bits per heavy atom. The largest absolute Gasteiger partial charge is 0.385 e. The molecule has 122 valence electrons. The fraction of sp³-hybridized carbons (Fsp3) is 0.588. The minimum Gasteiger partial charge on any atom is -0.385 e. The molecule has 1 N–H and O–H groups in total. The Morgan fingerprint density at radius 1 is 1.50 bits per heavy atom. The van der Waals surface area contributed by atoms with E-state index in [2.05, 4.69) is 10.2 Å². The number of benzene rings is 1. The van der Waals surface area contributed by atoms with E-state index in [4.69, 9.17) is 4.74 Å². The molecule has 2 rings (SSSR count). The summed E-state index contributed by atoms with van der Waals surface area (Å²) in [5.41, 5.74) is 1.22. The molecule has 0 aliphatic carbocycles. The Labute approximate surface area is 131 Å². The lowest BCUT2D eigenvalue weighted by atomic mass is 10.1. The van der Waals surface area contributed by atoms with Gasteiger partial charge in [-0.05, 0) is 49.9 Å². The van der Waals surface area contributed by atoms with Gasteiger partial charge in [0.1, 0.15) is 5.82 Å². The summed E-state index contributed by atoms with van der Waals surface area (Å²) in [5, 5.41) is 2.94. The van der Waals surface area contributed by atoms with Crippen molar-refractivity contribution in [3.63, 3.8) is 0 Å². The number of rotatable bonds is 7. The highest BCUT2D eigenvalue weighted by Gasteiger charge is 2.22. The molecule has 5 heteroatoms. The van der Waals surface area contributed by atoms with Gasteiger partial charge in [0, 0.05) is 38.9 Å². The van der Waals surface area contributed by atoms with Crippen molar-refractivity contribution in [2.75, 3.05) is 39.9 Å². The minimum absolute atomic E-state index is 0.185. The number of likely N-dealkylation sites (tertiary alicyclic amines) is 1. The average Bonchev–Trinajstić information content (AvgIpc) is 2.95. The molecule has 1 amide bonds. The Kier molecular flexibility index (Phi) is 6.34. The van der Waals surface area contributed by atoms with Gasteiger partial charge in [-0.2, -0.15) is 0 Å². The van der Waals surface area contributed by atoms with Crippen molar-refractivity contribution in [3.05, 3.63) is 35.1 Å². The molecule has 0 aromatic heterocycles. The zero-order valence-electron chi connectivity index (χ0n) is 13.4. The van der Waals surface area contributed by atoms with Gasteiger partial charge in [-0.15, -0.1) is 0 Å². The molecule has 1 aromatic carbocycles. The van der Waals surface area contributed by atoms with Crippen LogP contribution in [-0.2, 0) is 4.74 Å². The molecular formula is C17H25FN2O2. The van der Waals surface area contributed by atoms with Crippen molar-refractivity contribution >= 4 is 5.91 Å². The first kappa shape index (κ1) is 16.9. The molecule has 1 aromatic rings. The molecule has 1 atom stereocenters. The number of hydrogen-bond acceptors (Lipinski definition) is 3. The maximum Gasteiger partial charge on any atom is 0.251 e. The van der Waals surface area contributed by atoms with Gasteiger partial charge >= 0.3 is 0 Å². The number of methoxy groups -OCH3 is 1. The summed E-state index contributed by atoms with van der Waals surface area (Å²) in [6, 6.07) is 4.31. The standard InChI is InChI=1S/C17H25FN2O2/c1-13-4-5-15(18)10-16(13)17(21)19-11-14-6-8-20(12-14)7-3-9-22-2/h4-5,10,14H,3,6-9,11-12H2,1-2H3,(H,19,21). The zero-order chi connectivity index (χ0) is 15.9. The summed E-state index contributed by atoms with van der Waals surface area (Å²) in [4.78, 5) is 14.6. The van der Waals surface area contributed by atoms with Crippen LogP contribution in [0.15, 0.2) is 18.2 Å². The lowest BCUT2D eigenvalue weighted by molar-refractivity contribution is 0.0946. The highest BCUT2D eigenvalue weighted by Crippen LogP contribution is 2.16. The molecule has 0 bridgehead atoms. The fourth-order valence-corrected chi connectivity index (χ4v) is 2.89. The van der Waals surface area contributed by atoms with Crippen molar-refractivity contribution < 1.29 is 13.9 Å². The van der Waals surface area contributed by atoms with E-state index in [0.29, 0.717) is 18.0 Å². The van der Waals surface area contributed by atoms with Crippen LogP contribution in [0.25, 0.3) is 0 Å². The fourth-order valence-electron chi connectivity index (χ4n) is 2.89. The summed E-state index contributed by atoms with van der Waals surface area (Å²) >= 11 is 0. The van der Waals surface area contributed by atoms with Gasteiger partial charge in [0.25, 0.3) is 5.91 Å². The highest BCUT2D eigenvalue weighted by atomic mass is 19.1. The lowest BCUT2D eigenvalue weighted by Gasteiger charge is -2.16. The number of hydrogen-bond donors (Lipinski definition) is 1. The Morgan fingerprint density at radius 3 is 3.09 bits per heavy atom. The van der Waals surface area contributed by atoms with E-state index >= 15 is 0 Å². The Hall–Kier alpha value is -1.46. The van der Waals surface area contributed by atoms with Gasteiger partial charge in [0.05, 0.1) is 0 Å². The van der Waals surface area contributed by atoms with E-state index in [1.807, 2.05) is 6.92 Å². The summed E-state index contributed by atoms with van der Waals surface area (Å²) in [6.45, 7) is 6.38. The van der Waals surface area contributed by atoms with Gasteiger partial charge in [-0.1, -0.05) is 6.07 Å². The smallest absolute Gasteiger partial charge is 0.251 e. The summed E-state index contributed by atoms with van der Waals surface area (Å²) in [6.07, 6.45) is 2.13. The predicted octanol–water partition coefficient (Wildman–Crippen LogP) is 2.22. The van der Waals surface area contributed by atoms with Crippen molar-refractivity contribution in [2.24, 2.45) is 5.92 Å². The van der Waals surface area contributed by atoms with E-state index < -0.39 is 0 Å². The number of ether oxygens (including phenoxy) is 1. The number of carbonyl (C=O) groups excluding carboxylic acids is 1. The van der Waals surface area contributed by atoms with E-state index in [1.165, 1.54) is 12.1 Å². The number of halogens is 1. The van der Waals surface area contributed by atoms with Crippen LogP contribution in [0.3, 0.4) is 0 Å². The zero-order valence-corrected chi connectivity index (χ0v) is 13.4. The second-order valence-electron chi connectivity index (χ2n) is 5.97. The van der Waals surface area contributed by atoms with Crippen LogP contribution in [0.5, 0.6) is 0 Å². The van der Waals surface area contributed by atoms with Crippen molar-refractivity contribution in [1.29, 1.82) is 0 Å². The average molecular weight is 308 g/mol. The van der Waals surface area contributed by atoms with E-state index in [1.54, 1.807) is 13.2 Å². The quantitative estimate of drug-likeness (QED) is 0.785. The second-order valence-corrected chi connectivity index (χ2v) is 5.97. The number of nitrogens with one attached hydrogen (secondary N) is 1. The highest BCUT2D eigenvalue weighted by molar-refractivity contribution is 5.95. The maximum absolute atomic E-state index is 13.3. The predicted molar refractivity (Wildman–Crippen MR) is 84.5 cm³/mol. The molecular weight excluding hydrogens is 283 g/mol. The molecule has 1 fully saturated rings. The lowest BCUT2D eigenvalue weighted by Crippen LogP contribution is -2.31. The number of aryl methyl sites for hydroxylation is 1. The van der Waals surface area contributed by atoms with Crippen LogP contribution in [-0.4, -0.2) is 50.7 Å². The molecule has 4 nitrogen and oxygen atoms in total. The molecule has 0 radical (unpaired) electrons. The Bertz CT molecular complexity index is 507. The van der Waals surface area contributed by atoms with Gasteiger partial charge < -0.3 is 15.0 Å². The minimum atomic E-state index is -0.374. The first-order valence-electron chi connectivity index (χ1n) is 7.86. The number of carbonyl (C=O) groups is 1. The van der Waals surface area contributed by atoms with Crippen LogP contribution >= 0.6 is 0 Å². The van der Waals surface area contributed by atoms with Gasteiger partial charge in [0.15, 0.2) is 0 Å². The number of amides is 1. The molecule has 1 heterocycles. The summed E-state index contributed by atoms with van der Waals surface area (Å²) < 4.78 is 18.3. The van der Waals surface area contributed by atoms with Gasteiger partial charge in [-0.3, -0.25) is 4.79 Å². The Balaban J connectivity index is 1.76. The molecule has 22 heavy (non-hydrogen) atoms. The maximum atomic E-state index is 13.3. The second kappa shape index (κ2) is 8.25. The SMILES string of the molecule is COCCCN1CCC(CNC(=O)c2cc(F)ccc2C)C1. The number of nitrogens with zero attached hydrogens (tertiary/aromatic N) is 1. The van der Waals surface area contributed by atoms with Crippen LogP contribution in [0, 0.1) is 18.7 Å². The monoisotopic (exact) mass is 308 g/mol. The topological polar surface area (TPSA) is 41.6 Å². The van der Waals surface area contributed by atoms with E-state index in [-0.39, 0.29) is 11.7 Å². The van der Waals surface area contributed by atoms with Crippen molar-refractivity contribution in [3.8, 4) is 0 Å². The van der Waals surface area contributed by atoms with Crippen molar-refractivity contribution in [2.45, 2.75) is 19.8 Å². The summed E-state index contributed by atoms with van der Waals surface area (Å²) in [5.74, 6) is -0.0869. The molecule has 1 aliphatic heterocycles. The van der Waals surface area contributed by atoms with Gasteiger partial charge in [-0.25, -0.2) is 4.39 Å². The van der Waals surface area contributed by atoms with E-state index in [9.17, 15) is 9.18 Å². The van der Waals surface area contributed by atoms with Crippen LogP contribution < -0.4 is 5.32 Å². The molecule has 1 saturated heterocycles. The van der Waals surface area contributed by atoms with E-state index in [0.717, 1.165) is 44.6 Å². The van der Waals surface area contributed by atoms with Crippen LogP contribution in [0.4, 0.5) is 4.39 Å². The third-order valence-corrected chi connectivity index (χ3v) is 4.19. The molecule has 0 saturated carbocycles. The molecule has 0 spiro atoms. The normalized spacial score (nSPS) is 18.6. The molecule has 1 aliphatic rings. The third-order valence-electron chi connectivity index (χ3n) is 4.19. The van der Waals surface area contributed by atoms with Crippen molar-refractivity contribution in [1.82, 2.24) is 10.2 Å². The van der Waals surface area contributed by atoms with Gasteiger partial charge in [0.2, 0.25) is 0 Å². The van der Waals surface area contributed by atoms with Crippen LogP contribution in [0.2, 0.25) is 0 Å². The molecule has 1 unspecified atom stereocenters. The third kappa shape index (κ3) is 4.78. The van der Waals surface area contributed by atoms with Crippen LogP contribution in [0.1, 0.15) is 28.8 Å². The summed E-state index contributed by atoms with van der Waals surface area (Å²) in [7, 11) is 1.72. The first-order valence-corrected chi connectivity index (χ1v) is 7.86.